The Morgan fingerprint density at radius 1 is 1.00 bits per heavy atom. The lowest BCUT2D eigenvalue weighted by Crippen LogP contribution is -2.49. The predicted octanol–water partition coefficient (Wildman–Crippen LogP) is 3.18. The monoisotopic (exact) mass is 434 g/mol. The molecule has 2 fully saturated rings. The SMILES string of the molecule is Cl.O=C(c1cccc(C(=O)N2CCNCC2c2cccc(Cl)c2)n1)N1CCCC1. The van der Waals surface area contributed by atoms with Crippen LogP contribution in [0.1, 0.15) is 45.4 Å². The molecular formula is C21H24Cl2N4O2. The van der Waals surface area contributed by atoms with Gasteiger partial charge in [-0.2, -0.15) is 0 Å². The van der Waals surface area contributed by atoms with Gasteiger partial charge in [-0.15, -0.1) is 12.4 Å². The number of nitrogens with one attached hydrogen (secondary N) is 1. The van der Waals surface area contributed by atoms with Gasteiger partial charge in [-0.1, -0.05) is 29.8 Å². The van der Waals surface area contributed by atoms with E-state index in [1.165, 1.54) is 0 Å². The highest BCUT2D eigenvalue weighted by atomic mass is 35.5. The second-order valence-corrected chi connectivity index (χ2v) is 7.62. The lowest BCUT2D eigenvalue weighted by Gasteiger charge is -2.36. The van der Waals surface area contributed by atoms with Gasteiger partial charge in [0.2, 0.25) is 0 Å². The van der Waals surface area contributed by atoms with E-state index in [1.807, 2.05) is 29.2 Å². The molecule has 1 N–H and O–H groups in total. The van der Waals surface area contributed by atoms with Crippen LogP contribution in [0.4, 0.5) is 0 Å². The third-order valence-corrected chi connectivity index (χ3v) is 5.55. The Bertz CT molecular complexity index is 886. The van der Waals surface area contributed by atoms with Gasteiger partial charge in [-0.05, 0) is 42.7 Å². The maximum atomic E-state index is 13.2. The fourth-order valence-corrected chi connectivity index (χ4v) is 4.06. The van der Waals surface area contributed by atoms with Gasteiger partial charge < -0.3 is 15.1 Å². The number of piperazine rings is 1. The van der Waals surface area contributed by atoms with Crippen molar-refractivity contribution in [2.45, 2.75) is 18.9 Å². The summed E-state index contributed by atoms with van der Waals surface area (Å²) in [4.78, 5) is 33.9. The molecule has 2 aromatic rings. The molecule has 1 aromatic carbocycles. The number of carbonyl (C=O) groups excluding carboxylic acids is 2. The lowest BCUT2D eigenvalue weighted by molar-refractivity contribution is 0.0628. The van der Waals surface area contributed by atoms with E-state index in [2.05, 4.69) is 10.3 Å². The molecule has 0 bridgehead atoms. The average molecular weight is 435 g/mol. The Kier molecular flexibility index (Phi) is 7.11. The molecule has 1 unspecified atom stereocenters. The number of aromatic nitrogens is 1. The predicted molar refractivity (Wildman–Crippen MR) is 115 cm³/mol. The summed E-state index contributed by atoms with van der Waals surface area (Å²) in [5.74, 6) is -0.263. The summed E-state index contributed by atoms with van der Waals surface area (Å²) in [7, 11) is 0. The Labute approximate surface area is 181 Å². The number of hydrogen-bond acceptors (Lipinski definition) is 4. The molecule has 1 aromatic heterocycles. The number of amides is 2. The molecule has 0 radical (unpaired) electrons. The van der Waals surface area contributed by atoms with Crippen molar-refractivity contribution < 1.29 is 9.59 Å². The zero-order valence-electron chi connectivity index (χ0n) is 16.0. The van der Waals surface area contributed by atoms with Gasteiger partial charge in [0.05, 0.1) is 6.04 Å². The smallest absolute Gasteiger partial charge is 0.273 e. The fourth-order valence-electron chi connectivity index (χ4n) is 3.86. The van der Waals surface area contributed by atoms with Crippen molar-refractivity contribution in [2.24, 2.45) is 0 Å². The van der Waals surface area contributed by atoms with Crippen LogP contribution in [0.5, 0.6) is 0 Å². The maximum absolute atomic E-state index is 13.2. The summed E-state index contributed by atoms with van der Waals surface area (Å²) in [5.41, 5.74) is 1.62. The van der Waals surface area contributed by atoms with E-state index < -0.39 is 0 Å². The molecule has 0 aliphatic carbocycles. The summed E-state index contributed by atoms with van der Waals surface area (Å²) in [5, 5.41) is 3.98. The Morgan fingerprint density at radius 2 is 1.69 bits per heavy atom. The normalized spacial score (nSPS) is 19.0. The third kappa shape index (κ3) is 4.71. The minimum absolute atomic E-state index is 0. The minimum Gasteiger partial charge on any atom is -0.337 e. The average Bonchev–Trinajstić information content (AvgIpc) is 3.28. The topological polar surface area (TPSA) is 65.5 Å². The van der Waals surface area contributed by atoms with Crippen LogP contribution in [-0.2, 0) is 0 Å². The molecular weight excluding hydrogens is 411 g/mol. The standard InChI is InChI=1S/C21H23ClN4O2.ClH/c22-16-6-3-5-15(13-16)19-14-23-9-12-26(19)21(28)18-8-4-7-17(24-18)20(27)25-10-1-2-11-25;/h3-8,13,19,23H,1-2,9-12,14H2;1H. The Balaban J connectivity index is 0.00000240. The van der Waals surface area contributed by atoms with Crippen LogP contribution in [0.15, 0.2) is 42.5 Å². The van der Waals surface area contributed by atoms with E-state index in [0.717, 1.165) is 38.0 Å². The second-order valence-electron chi connectivity index (χ2n) is 7.18. The van der Waals surface area contributed by atoms with Crippen LogP contribution < -0.4 is 5.32 Å². The molecule has 1 atom stereocenters. The van der Waals surface area contributed by atoms with Crippen molar-refractivity contribution in [3.8, 4) is 0 Å². The first kappa shape index (κ1) is 21.6. The van der Waals surface area contributed by atoms with Crippen molar-refractivity contribution >= 4 is 35.8 Å². The van der Waals surface area contributed by atoms with E-state index in [4.69, 9.17) is 11.6 Å². The number of nitrogens with zero attached hydrogens (tertiary/aromatic N) is 3. The molecule has 2 aliphatic heterocycles. The van der Waals surface area contributed by atoms with Gasteiger partial charge in [-0.25, -0.2) is 4.98 Å². The van der Waals surface area contributed by atoms with Gasteiger partial charge in [0.25, 0.3) is 11.8 Å². The van der Waals surface area contributed by atoms with E-state index in [0.29, 0.717) is 29.5 Å². The molecule has 2 amide bonds. The molecule has 2 aliphatic rings. The largest absolute Gasteiger partial charge is 0.337 e. The number of rotatable bonds is 3. The van der Waals surface area contributed by atoms with Crippen LogP contribution >= 0.6 is 24.0 Å². The first-order chi connectivity index (χ1) is 13.6. The summed E-state index contributed by atoms with van der Waals surface area (Å²) >= 11 is 6.15. The summed E-state index contributed by atoms with van der Waals surface area (Å²) < 4.78 is 0. The molecule has 154 valence electrons. The van der Waals surface area contributed by atoms with Crippen LogP contribution in [0.25, 0.3) is 0 Å². The van der Waals surface area contributed by atoms with Gasteiger partial charge in [-0.3, -0.25) is 9.59 Å². The highest BCUT2D eigenvalue weighted by Crippen LogP contribution is 2.26. The van der Waals surface area contributed by atoms with Gasteiger partial charge in [0.1, 0.15) is 11.4 Å². The van der Waals surface area contributed by atoms with E-state index in [-0.39, 0.29) is 30.3 Å². The summed E-state index contributed by atoms with van der Waals surface area (Å²) in [6, 6.07) is 12.6. The van der Waals surface area contributed by atoms with Gasteiger partial charge >= 0.3 is 0 Å². The minimum atomic E-state index is -0.164. The zero-order chi connectivity index (χ0) is 19.5. The van der Waals surface area contributed by atoms with E-state index in [1.54, 1.807) is 23.1 Å². The van der Waals surface area contributed by atoms with E-state index >= 15 is 0 Å². The first-order valence-corrected chi connectivity index (χ1v) is 10.0. The lowest BCUT2D eigenvalue weighted by atomic mass is 10.0. The number of halogens is 2. The number of hydrogen-bond donors (Lipinski definition) is 1. The summed E-state index contributed by atoms with van der Waals surface area (Å²) in [6.45, 7) is 3.45. The number of likely N-dealkylation sites (tertiary alicyclic amines) is 1. The highest BCUT2D eigenvalue weighted by molar-refractivity contribution is 6.30. The third-order valence-electron chi connectivity index (χ3n) is 5.32. The molecule has 4 rings (SSSR count). The van der Waals surface area contributed by atoms with Crippen LogP contribution in [0.3, 0.4) is 0 Å². The van der Waals surface area contributed by atoms with Crippen molar-refractivity contribution in [2.75, 3.05) is 32.7 Å². The molecule has 3 heterocycles. The van der Waals surface area contributed by atoms with Crippen molar-refractivity contribution in [1.29, 1.82) is 0 Å². The molecule has 6 nitrogen and oxygen atoms in total. The number of carbonyl (C=O) groups is 2. The Morgan fingerprint density at radius 3 is 2.41 bits per heavy atom. The van der Waals surface area contributed by atoms with Crippen LogP contribution in [0, 0.1) is 0 Å². The molecule has 0 saturated carbocycles. The summed E-state index contributed by atoms with van der Waals surface area (Å²) in [6.07, 6.45) is 2.04. The molecule has 29 heavy (non-hydrogen) atoms. The number of pyridine rings is 1. The first-order valence-electron chi connectivity index (χ1n) is 9.67. The van der Waals surface area contributed by atoms with Crippen molar-refractivity contribution in [3.05, 3.63) is 64.4 Å². The fraction of sp³-hybridized carbons (Fsp3) is 0.381. The highest BCUT2D eigenvalue weighted by Gasteiger charge is 2.30. The molecule has 0 spiro atoms. The van der Waals surface area contributed by atoms with Gasteiger partial charge in [0.15, 0.2) is 0 Å². The van der Waals surface area contributed by atoms with E-state index in [9.17, 15) is 9.59 Å². The number of benzene rings is 1. The Hall–Kier alpha value is -2.15. The quantitative estimate of drug-likeness (QED) is 0.805. The second kappa shape index (κ2) is 9.57. The van der Waals surface area contributed by atoms with Crippen LogP contribution in [0.2, 0.25) is 5.02 Å². The van der Waals surface area contributed by atoms with Gasteiger partial charge in [0, 0.05) is 37.7 Å². The van der Waals surface area contributed by atoms with Crippen LogP contribution in [-0.4, -0.2) is 59.3 Å². The molecule has 2 saturated heterocycles. The zero-order valence-corrected chi connectivity index (χ0v) is 17.6. The van der Waals surface area contributed by atoms with Crippen molar-refractivity contribution in [1.82, 2.24) is 20.1 Å². The van der Waals surface area contributed by atoms with Crippen molar-refractivity contribution in [3.63, 3.8) is 0 Å². The molecule has 8 heteroatoms. The maximum Gasteiger partial charge on any atom is 0.273 e.